The second-order valence-corrected chi connectivity index (χ2v) is 12.2. The predicted molar refractivity (Wildman–Crippen MR) is 105 cm³/mol. The van der Waals surface area contributed by atoms with Gasteiger partial charge in [-0.15, -0.1) is 0 Å². The monoisotopic (exact) mass is 415 g/mol. The van der Waals surface area contributed by atoms with Crippen molar-refractivity contribution in [1.82, 2.24) is 0 Å². The maximum Gasteiger partial charge on any atom is 0.264 e. The lowest BCUT2D eigenvalue weighted by Gasteiger charge is -2.24. The Bertz CT molecular complexity index is 597. The fourth-order valence-corrected chi connectivity index (χ4v) is 3.60. The van der Waals surface area contributed by atoms with Crippen LogP contribution in [0.1, 0.15) is 79.1 Å². The van der Waals surface area contributed by atoms with Crippen LogP contribution in [0.4, 0.5) is 0 Å². The van der Waals surface area contributed by atoms with Crippen LogP contribution in [0, 0.1) is 5.41 Å². The third-order valence-electron chi connectivity index (χ3n) is 4.74. The molecular formula is C17H37NO6S2. The van der Waals surface area contributed by atoms with Crippen molar-refractivity contribution in [3.63, 3.8) is 0 Å². The van der Waals surface area contributed by atoms with Gasteiger partial charge in [0.05, 0.1) is 10.5 Å². The van der Waals surface area contributed by atoms with E-state index in [1.807, 2.05) is 0 Å². The summed E-state index contributed by atoms with van der Waals surface area (Å²) in [5, 5.41) is 5.19. The van der Waals surface area contributed by atoms with Crippen LogP contribution in [-0.2, 0) is 24.9 Å². The fourth-order valence-electron chi connectivity index (χ4n) is 2.66. The van der Waals surface area contributed by atoms with Gasteiger partial charge in [0.15, 0.2) is 0 Å². The molecule has 0 saturated carbocycles. The topological polar surface area (TPSA) is 124 Å². The lowest BCUT2D eigenvalue weighted by molar-refractivity contribution is 0.122. The Morgan fingerprint density at radius 2 is 1.27 bits per heavy atom. The van der Waals surface area contributed by atoms with Crippen molar-refractivity contribution in [2.75, 3.05) is 19.0 Å². The number of rotatable bonds is 15. The van der Waals surface area contributed by atoms with Gasteiger partial charge in [0.1, 0.15) is 0 Å². The van der Waals surface area contributed by atoms with Crippen molar-refractivity contribution < 1.29 is 26.1 Å². The molecule has 0 bridgehead atoms. The Balaban J connectivity index is 3.70. The van der Waals surface area contributed by atoms with Crippen molar-refractivity contribution in [2.45, 2.75) is 83.8 Å². The van der Waals surface area contributed by atoms with E-state index in [1.165, 1.54) is 0 Å². The minimum Gasteiger partial charge on any atom is -0.381 e. The summed E-state index contributed by atoms with van der Waals surface area (Å²) in [6.45, 7) is 8.76. The van der Waals surface area contributed by atoms with Crippen LogP contribution in [-0.4, -0.2) is 45.1 Å². The minimum absolute atomic E-state index is 0.0456. The summed E-state index contributed by atoms with van der Waals surface area (Å²) in [5.41, 5.74) is 0.0456. The van der Waals surface area contributed by atoms with Crippen molar-refractivity contribution in [1.29, 1.82) is 0 Å². The zero-order valence-corrected chi connectivity index (χ0v) is 18.3. The van der Waals surface area contributed by atoms with E-state index in [9.17, 15) is 16.8 Å². The second-order valence-electron chi connectivity index (χ2n) is 8.39. The molecule has 0 rings (SSSR count). The maximum absolute atomic E-state index is 11.4. The van der Waals surface area contributed by atoms with Crippen molar-refractivity contribution in [3.8, 4) is 0 Å². The van der Waals surface area contributed by atoms with Gasteiger partial charge in [0.2, 0.25) is 10.0 Å². The first kappa shape index (κ1) is 25.8. The van der Waals surface area contributed by atoms with Crippen LogP contribution < -0.4 is 5.14 Å². The lowest BCUT2D eigenvalue weighted by atomic mass is 9.83. The van der Waals surface area contributed by atoms with Crippen molar-refractivity contribution in [2.24, 2.45) is 10.6 Å². The summed E-state index contributed by atoms with van der Waals surface area (Å²) in [7, 11) is -7.39. The van der Waals surface area contributed by atoms with E-state index in [4.69, 9.17) is 14.4 Å². The summed E-state index contributed by atoms with van der Waals surface area (Å²) in [6.07, 6.45) is 6.22. The first-order valence-electron chi connectivity index (χ1n) is 9.22. The number of unbranched alkanes of at least 4 members (excludes halogenated alkanes) is 2. The molecule has 0 atom stereocenters. The molecular weight excluding hydrogens is 378 g/mol. The van der Waals surface area contributed by atoms with E-state index >= 15 is 0 Å². The highest BCUT2D eigenvalue weighted by Gasteiger charge is 2.30. The average Bonchev–Trinajstić information content (AvgIpc) is 2.42. The van der Waals surface area contributed by atoms with E-state index in [1.54, 1.807) is 13.8 Å². The third-order valence-corrected chi connectivity index (χ3v) is 7.28. The molecule has 0 amide bonds. The molecule has 0 saturated heterocycles. The van der Waals surface area contributed by atoms with Crippen molar-refractivity contribution >= 4 is 20.1 Å². The number of ether oxygens (including phenoxy) is 1. The van der Waals surface area contributed by atoms with Gasteiger partial charge < -0.3 is 4.74 Å². The van der Waals surface area contributed by atoms with Gasteiger partial charge in [-0.25, -0.2) is 13.6 Å². The van der Waals surface area contributed by atoms with E-state index in [0.29, 0.717) is 26.1 Å². The highest BCUT2D eigenvalue weighted by Crippen LogP contribution is 2.29. The van der Waals surface area contributed by atoms with Crippen LogP contribution in [0.3, 0.4) is 0 Å². The molecule has 3 N–H and O–H groups in total. The molecule has 0 radical (unpaired) electrons. The minimum atomic E-state index is -3.86. The maximum atomic E-state index is 11.4. The fraction of sp³-hybridized carbons (Fsp3) is 1.00. The van der Waals surface area contributed by atoms with Gasteiger partial charge in [0.25, 0.3) is 10.1 Å². The normalized spacial score (nSPS) is 13.9. The Kier molecular flexibility index (Phi) is 10.9. The van der Waals surface area contributed by atoms with E-state index < -0.39 is 24.9 Å². The van der Waals surface area contributed by atoms with Crippen LogP contribution in [0.5, 0.6) is 0 Å². The SMILES string of the molecule is CC(C)(CCCCOCCCCC(C)(C)S(N)(=O)=O)CCCS(=O)(=O)O. The van der Waals surface area contributed by atoms with Crippen LogP contribution >= 0.6 is 0 Å². The molecule has 0 aromatic heterocycles. The Labute approximate surface area is 159 Å². The smallest absolute Gasteiger partial charge is 0.264 e. The average molecular weight is 416 g/mol. The van der Waals surface area contributed by atoms with Crippen molar-refractivity contribution in [3.05, 3.63) is 0 Å². The van der Waals surface area contributed by atoms with Crippen LogP contribution in [0.15, 0.2) is 0 Å². The standard InChI is InChI=1S/C17H37NO6S2/c1-16(2,11-9-15-25(19,20)21)10-5-7-13-24-14-8-6-12-17(3,4)26(18,22)23/h5-15H2,1-4H3,(H2,18,22,23)(H,19,20,21). The molecule has 0 spiro atoms. The molecule has 9 heteroatoms. The lowest BCUT2D eigenvalue weighted by Crippen LogP contribution is -2.37. The predicted octanol–water partition coefficient (Wildman–Crippen LogP) is 3.10. The first-order valence-corrected chi connectivity index (χ1v) is 12.4. The van der Waals surface area contributed by atoms with E-state index in [2.05, 4.69) is 13.8 Å². The second kappa shape index (κ2) is 10.9. The van der Waals surface area contributed by atoms with Gasteiger partial charge in [-0.1, -0.05) is 20.3 Å². The third kappa shape index (κ3) is 13.0. The molecule has 0 aromatic carbocycles. The number of primary sulfonamides is 1. The Morgan fingerprint density at radius 1 is 0.808 bits per heavy atom. The van der Waals surface area contributed by atoms with Gasteiger partial charge >= 0.3 is 0 Å². The highest BCUT2D eigenvalue weighted by atomic mass is 32.2. The van der Waals surface area contributed by atoms with Gasteiger partial charge in [-0.05, 0) is 64.2 Å². The number of hydrogen-bond donors (Lipinski definition) is 2. The zero-order valence-electron chi connectivity index (χ0n) is 16.7. The molecule has 0 aliphatic carbocycles. The number of nitrogens with two attached hydrogens (primary N) is 1. The van der Waals surface area contributed by atoms with E-state index in [0.717, 1.165) is 38.5 Å². The molecule has 0 heterocycles. The Morgan fingerprint density at radius 3 is 1.73 bits per heavy atom. The number of sulfonamides is 1. The molecule has 0 aromatic rings. The highest BCUT2D eigenvalue weighted by molar-refractivity contribution is 7.90. The summed E-state index contributed by atoms with van der Waals surface area (Å²) < 4.78 is 57.7. The molecule has 7 nitrogen and oxygen atoms in total. The van der Waals surface area contributed by atoms with Crippen LogP contribution in [0.2, 0.25) is 0 Å². The molecule has 26 heavy (non-hydrogen) atoms. The quantitative estimate of drug-likeness (QED) is 0.313. The summed E-state index contributed by atoms with van der Waals surface area (Å²) in [4.78, 5) is 0. The Hall–Kier alpha value is -0.220. The van der Waals surface area contributed by atoms with Crippen LogP contribution in [0.25, 0.3) is 0 Å². The van der Waals surface area contributed by atoms with Gasteiger partial charge in [0, 0.05) is 13.2 Å². The zero-order chi connectivity index (χ0) is 20.5. The van der Waals surface area contributed by atoms with Gasteiger partial charge in [-0.3, -0.25) is 4.55 Å². The summed E-state index contributed by atoms with van der Waals surface area (Å²) in [6, 6.07) is 0. The molecule has 158 valence electrons. The molecule has 0 fully saturated rings. The van der Waals surface area contributed by atoms with E-state index in [-0.39, 0.29) is 11.2 Å². The number of hydrogen-bond acceptors (Lipinski definition) is 5. The first-order chi connectivity index (χ1) is 11.7. The summed E-state index contributed by atoms with van der Waals surface area (Å²) >= 11 is 0. The molecule has 0 unspecified atom stereocenters. The molecule has 0 aliphatic rings. The molecule has 0 aliphatic heterocycles. The summed E-state index contributed by atoms with van der Waals surface area (Å²) in [5.74, 6) is -0.179. The largest absolute Gasteiger partial charge is 0.381 e. The van der Waals surface area contributed by atoms with Gasteiger partial charge in [-0.2, -0.15) is 8.42 Å².